The highest BCUT2D eigenvalue weighted by molar-refractivity contribution is 4.74. The number of rotatable bonds is 7. The summed E-state index contributed by atoms with van der Waals surface area (Å²) in [6.45, 7) is 6.58. The van der Waals surface area contributed by atoms with Gasteiger partial charge < -0.3 is 10.1 Å². The highest BCUT2D eigenvalue weighted by atomic mass is 16.5. The van der Waals surface area contributed by atoms with Crippen molar-refractivity contribution in [3.63, 3.8) is 0 Å². The van der Waals surface area contributed by atoms with Crippen LogP contribution in [0.15, 0.2) is 0 Å². The summed E-state index contributed by atoms with van der Waals surface area (Å²) >= 11 is 0. The molecule has 1 atom stereocenters. The fraction of sp³-hybridized carbons (Fsp3) is 1.00. The molecule has 2 heteroatoms. The molecular weight excluding hydrogens is 150 g/mol. The van der Waals surface area contributed by atoms with Crippen molar-refractivity contribution in [3.8, 4) is 0 Å². The number of hydrogen-bond donors (Lipinski definition) is 1. The van der Waals surface area contributed by atoms with Crippen LogP contribution < -0.4 is 5.32 Å². The van der Waals surface area contributed by atoms with Gasteiger partial charge in [-0.2, -0.15) is 0 Å². The minimum Gasteiger partial charge on any atom is -0.385 e. The van der Waals surface area contributed by atoms with Crippen molar-refractivity contribution in [3.05, 3.63) is 0 Å². The van der Waals surface area contributed by atoms with Gasteiger partial charge in [-0.15, -0.1) is 0 Å². The maximum atomic E-state index is 5.04. The highest BCUT2D eigenvalue weighted by Gasteiger charge is 2.19. The maximum Gasteiger partial charge on any atom is 0.0462 e. The molecule has 1 N–H and O–H groups in total. The van der Waals surface area contributed by atoms with E-state index in [9.17, 15) is 0 Å². The van der Waals surface area contributed by atoms with Gasteiger partial charge in [0.15, 0.2) is 0 Å². The van der Waals surface area contributed by atoms with Gasteiger partial charge in [-0.25, -0.2) is 0 Å². The molecular formula is C10H23NO. The maximum absolute atomic E-state index is 5.04. The summed E-state index contributed by atoms with van der Waals surface area (Å²) < 4.78 is 5.04. The number of hydrogen-bond acceptors (Lipinski definition) is 2. The molecule has 0 bridgehead atoms. The Labute approximate surface area is 76.7 Å². The summed E-state index contributed by atoms with van der Waals surface area (Å²) in [5, 5.41) is 3.25. The third-order valence-electron chi connectivity index (χ3n) is 2.59. The lowest BCUT2D eigenvalue weighted by Gasteiger charge is -2.27. The molecule has 0 aromatic rings. The van der Waals surface area contributed by atoms with E-state index in [1.165, 1.54) is 19.3 Å². The zero-order valence-corrected chi connectivity index (χ0v) is 8.94. The van der Waals surface area contributed by atoms with E-state index < -0.39 is 0 Å². The highest BCUT2D eigenvalue weighted by Crippen LogP contribution is 2.25. The van der Waals surface area contributed by atoms with Crippen molar-refractivity contribution >= 4 is 0 Å². The summed E-state index contributed by atoms with van der Waals surface area (Å²) in [6.07, 6.45) is 3.65. The first-order valence-corrected chi connectivity index (χ1v) is 4.82. The van der Waals surface area contributed by atoms with E-state index in [-0.39, 0.29) is 0 Å². The first kappa shape index (κ1) is 11.9. The SMILES string of the molecule is CCC(C)(CCCOC)CNC. The van der Waals surface area contributed by atoms with Crippen molar-refractivity contribution in [1.29, 1.82) is 0 Å². The third-order valence-corrected chi connectivity index (χ3v) is 2.59. The normalized spacial score (nSPS) is 16.0. The van der Waals surface area contributed by atoms with Gasteiger partial charge in [0.1, 0.15) is 0 Å². The van der Waals surface area contributed by atoms with Gasteiger partial charge in [-0.05, 0) is 31.7 Å². The second kappa shape index (κ2) is 6.44. The molecule has 0 aliphatic heterocycles. The molecule has 0 spiro atoms. The molecule has 0 aromatic carbocycles. The minimum absolute atomic E-state index is 0.452. The van der Waals surface area contributed by atoms with Crippen LogP contribution in [0.5, 0.6) is 0 Å². The fourth-order valence-electron chi connectivity index (χ4n) is 1.46. The third kappa shape index (κ3) is 4.73. The lowest BCUT2D eigenvalue weighted by Crippen LogP contribution is -2.29. The van der Waals surface area contributed by atoms with E-state index in [0.717, 1.165) is 13.2 Å². The fourth-order valence-corrected chi connectivity index (χ4v) is 1.46. The van der Waals surface area contributed by atoms with Crippen LogP contribution in [0.1, 0.15) is 33.1 Å². The molecule has 0 rings (SSSR count). The summed E-state index contributed by atoms with van der Waals surface area (Å²) in [7, 11) is 3.78. The molecule has 0 aliphatic carbocycles. The number of nitrogens with one attached hydrogen (secondary N) is 1. The topological polar surface area (TPSA) is 21.3 Å². The molecule has 0 saturated carbocycles. The van der Waals surface area contributed by atoms with Crippen molar-refractivity contribution in [2.75, 3.05) is 27.3 Å². The standard InChI is InChI=1S/C10H23NO/c1-5-10(2,9-11-3)7-6-8-12-4/h11H,5-9H2,1-4H3. The Hall–Kier alpha value is -0.0800. The van der Waals surface area contributed by atoms with Gasteiger partial charge in [-0.1, -0.05) is 13.8 Å². The van der Waals surface area contributed by atoms with Gasteiger partial charge in [-0.3, -0.25) is 0 Å². The zero-order chi connectivity index (χ0) is 9.45. The first-order chi connectivity index (χ1) is 5.68. The monoisotopic (exact) mass is 173 g/mol. The smallest absolute Gasteiger partial charge is 0.0462 e. The van der Waals surface area contributed by atoms with Gasteiger partial charge in [0.05, 0.1) is 0 Å². The number of ether oxygens (including phenoxy) is 1. The molecule has 0 amide bonds. The van der Waals surface area contributed by atoms with Crippen molar-refractivity contribution in [2.45, 2.75) is 33.1 Å². The molecule has 1 unspecified atom stereocenters. The minimum atomic E-state index is 0.452. The Balaban J connectivity index is 3.63. The quantitative estimate of drug-likeness (QED) is 0.595. The summed E-state index contributed by atoms with van der Waals surface area (Å²) in [5.74, 6) is 0. The molecule has 2 nitrogen and oxygen atoms in total. The first-order valence-electron chi connectivity index (χ1n) is 4.82. The van der Waals surface area contributed by atoms with E-state index in [1.54, 1.807) is 7.11 Å². The Morgan fingerprint density at radius 1 is 1.42 bits per heavy atom. The van der Waals surface area contributed by atoms with Crippen LogP contribution in [-0.2, 0) is 4.74 Å². The van der Waals surface area contributed by atoms with Gasteiger partial charge in [0.25, 0.3) is 0 Å². The van der Waals surface area contributed by atoms with Crippen molar-refractivity contribution < 1.29 is 4.74 Å². The van der Waals surface area contributed by atoms with E-state index in [0.29, 0.717) is 5.41 Å². The second-order valence-electron chi connectivity index (χ2n) is 3.79. The molecule has 0 saturated heterocycles. The van der Waals surface area contributed by atoms with Crippen molar-refractivity contribution in [1.82, 2.24) is 5.32 Å². The molecule has 0 aliphatic rings. The predicted octanol–water partition coefficient (Wildman–Crippen LogP) is 2.05. The van der Waals surface area contributed by atoms with Gasteiger partial charge in [0, 0.05) is 20.3 Å². The Bertz CT molecular complexity index is 106. The summed E-state index contributed by atoms with van der Waals surface area (Å²) in [6, 6.07) is 0. The molecule has 12 heavy (non-hydrogen) atoms. The molecule has 74 valence electrons. The number of methoxy groups -OCH3 is 1. The summed E-state index contributed by atoms with van der Waals surface area (Å²) in [4.78, 5) is 0. The average Bonchev–Trinajstić information content (AvgIpc) is 2.06. The van der Waals surface area contributed by atoms with Gasteiger partial charge >= 0.3 is 0 Å². The second-order valence-corrected chi connectivity index (χ2v) is 3.79. The summed E-state index contributed by atoms with van der Waals surface area (Å²) in [5.41, 5.74) is 0.452. The zero-order valence-electron chi connectivity index (χ0n) is 8.94. The van der Waals surface area contributed by atoms with Gasteiger partial charge in [0.2, 0.25) is 0 Å². The van der Waals surface area contributed by atoms with E-state index in [2.05, 4.69) is 19.2 Å². The van der Waals surface area contributed by atoms with Crippen LogP contribution >= 0.6 is 0 Å². The van der Waals surface area contributed by atoms with Crippen LogP contribution in [0.2, 0.25) is 0 Å². The largest absolute Gasteiger partial charge is 0.385 e. The van der Waals surface area contributed by atoms with Crippen LogP contribution in [0.25, 0.3) is 0 Å². The van der Waals surface area contributed by atoms with Crippen LogP contribution in [0.3, 0.4) is 0 Å². The Kier molecular flexibility index (Phi) is 6.39. The molecule has 0 aromatic heterocycles. The molecule has 0 fully saturated rings. The predicted molar refractivity (Wildman–Crippen MR) is 53.4 cm³/mol. The van der Waals surface area contributed by atoms with E-state index >= 15 is 0 Å². The van der Waals surface area contributed by atoms with Crippen molar-refractivity contribution in [2.24, 2.45) is 5.41 Å². The Morgan fingerprint density at radius 3 is 2.50 bits per heavy atom. The lowest BCUT2D eigenvalue weighted by atomic mass is 9.83. The lowest BCUT2D eigenvalue weighted by molar-refractivity contribution is 0.168. The van der Waals surface area contributed by atoms with Crippen LogP contribution in [0, 0.1) is 5.41 Å². The van der Waals surface area contributed by atoms with Crippen LogP contribution in [-0.4, -0.2) is 27.3 Å². The van der Waals surface area contributed by atoms with E-state index in [4.69, 9.17) is 4.74 Å². The Morgan fingerprint density at radius 2 is 2.08 bits per heavy atom. The van der Waals surface area contributed by atoms with E-state index in [1.807, 2.05) is 7.05 Å². The average molecular weight is 173 g/mol. The molecule has 0 radical (unpaired) electrons. The molecule has 0 heterocycles. The van der Waals surface area contributed by atoms with Crippen LogP contribution in [0.4, 0.5) is 0 Å².